The summed E-state index contributed by atoms with van der Waals surface area (Å²) in [4.78, 5) is 35.6. The van der Waals surface area contributed by atoms with E-state index in [1.165, 1.54) is 0 Å². The van der Waals surface area contributed by atoms with E-state index in [1.807, 2.05) is 51.1 Å². The third kappa shape index (κ3) is 8.45. The van der Waals surface area contributed by atoms with Gasteiger partial charge in [-0.3, -0.25) is 4.79 Å². The van der Waals surface area contributed by atoms with Crippen LogP contribution in [-0.4, -0.2) is 39.4 Å². The van der Waals surface area contributed by atoms with Crippen molar-refractivity contribution in [3.8, 4) is 0 Å². The number of aldehydes is 1. The van der Waals surface area contributed by atoms with Crippen LogP contribution >= 0.6 is 0 Å². The molecule has 4 rings (SSSR count). The molecule has 0 aliphatic carbocycles. The lowest BCUT2D eigenvalue weighted by atomic mass is 9.91. The van der Waals surface area contributed by atoms with Crippen molar-refractivity contribution in [2.75, 3.05) is 12.4 Å². The third-order valence-electron chi connectivity index (χ3n) is 6.36. The summed E-state index contributed by atoms with van der Waals surface area (Å²) in [5.74, 6) is 1.98. The minimum Gasteiger partial charge on any atom is -0.452 e. The molecular formula is C30H40N4O4. The number of nitrogens with zero attached hydrogens (tertiary/aromatic N) is 3. The van der Waals surface area contributed by atoms with Crippen LogP contribution in [0, 0.1) is 18.8 Å². The summed E-state index contributed by atoms with van der Waals surface area (Å²) in [6.07, 6.45) is 5.72. The largest absolute Gasteiger partial charge is 0.452 e. The van der Waals surface area contributed by atoms with Crippen LogP contribution in [0.1, 0.15) is 70.8 Å². The van der Waals surface area contributed by atoms with Gasteiger partial charge in [-0.1, -0.05) is 52.3 Å². The Kier molecular flexibility index (Phi) is 12.5. The predicted octanol–water partition coefficient (Wildman–Crippen LogP) is 6.47. The molecule has 0 radical (unpaired) electrons. The second-order valence-electron chi connectivity index (χ2n) is 9.33. The van der Waals surface area contributed by atoms with Crippen molar-refractivity contribution >= 4 is 40.1 Å². The van der Waals surface area contributed by atoms with E-state index in [1.54, 1.807) is 18.3 Å². The Labute approximate surface area is 224 Å². The maximum absolute atomic E-state index is 11.8. The molecule has 1 amide bonds. The molecule has 0 fully saturated rings. The molecule has 0 bridgehead atoms. The van der Waals surface area contributed by atoms with Gasteiger partial charge in [0.15, 0.2) is 5.58 Å². The highest BCUT2D eigenvalue weighted by molar-refractivity contribution is 6.03. The van der Waals surface area contributed by atoms with Gasteiger partial charge in [0.1, 0.15) is 29.0 Å². The van der Waals surface area contributed by atoms with Crippen molar-refractivity contribution in [2.24, 2.45) is 11.8 Å². The Balaban J connectivity index is 0.000000251. The number of aliphatic hydroxyl groups excluding tert-OH is 1. The van der Waals surface area contributed by atoms with E-state index in [-0.39, 0.29) is 17.7 Å². The Morgan fingerprint density at radius 1 is 1.05 bits per heavy atom. The van der Waals surface area contributed by atoms with Gasteiger partial charge in [-0.25, -0.2) is 15.0 Å². The fourth-order valence-corrected chi connectivity index (χ4v) is 4.12. The average molecular weight is 521 g/mol. The topological polar surface area (TPSA) is 118 Å². The number of aliphatic hydroxyl groups is 1. The quantitative estimate of drug-likeness (QED) is 0.243. The Morgan fingerprint density at radius 3 is 2.39 bits per heavy atom. The van der Waals surface area contributed by atoms with Crippen LogP contribution in [0.4, 0.5) is 5.82 Å². The standard InChI is InChI=1S/C15H16N2O.C14H20N2O2.CH4O/c1-4-9(2)13-15-14(17-10(3)16-13)11-7-5-6-8-12(11)18-15;1-3-12(8-11(2)10-17)9-14(18)16-13-6-4-5-7-15-13;1-2/h5-9H,4H2,1-3H3;4-7,10-12H,3,8-9H2,1-2H3,(H,15,16,18);2H,1H3. The summed E-state index contributed by atoms with van der Waals surface area (Å²) in [5.41, 5.74) is 3.69. The third-order valence-corrected chi connectivity index (χ3v) is 6.36. The molecule has 0 saturated carbocycles. The number of furan rings is 1. The van der Waals surface area contributed by atoms with Gasteiger partial charge in [0, 0.05) is 36.9 Å². The molecule has 0 aliphatic heterocycles. The molecule has 2 N–H and O–H groups in total. The summed E-state index contributed by atoms with van der Waals surface area (Å²) in [7, 11) is 1.00. The van der Waals surface area contributed by atoms with E-state index in [0.717, 1.165) is 66.2 Å². The highest BCUT2D eigenvalue weighted by Crippen LogP contribution is 2.32. The highest BCUT2D eigenvalue weighted by atomic mass is 16.3. The summed E-state index contributed by atoms with van der Waals surface area (Å²) in [6, 6.07) is 13.4. The molecule has 3 heterocycles. The first-order valence-corrected chi connectivity index (χ1v) is 13.1. The van der Waals surface area contributed by atoms with E-state index < -0.39 is 0 Å². The van der Waals surface area contributed by atoms with E-state index in [4.69, 9.17) is 9.52 Å². The number of fused-ring (bicyclic) bond motifs is 3. The number of carbonyl (C=O) groups is 2. The zero-order valence-corrected chi connectivity index (χ0v) is 23.3. The fourth-order valence-electron chi connectivity index (χ4n) is 4.12. The maximum Gasteiger partial charge on any atom is 0.225 e. The van der Waals surface area contributed by atoms with Crippen LogP contribution in [-0.2, 0) is 9.59 Å². The minimum absolute atomic E-state index is 0.0117. The number of hydrogen-bond donors (Lipinski definition) is 2. The molecule has 1 aromatic carbocycles. The predicted molar refractivity (Wildman–Crippen MR) is 152 cm³/mol. The molecular weight excluding hydrogens is 480 g/mol. The highest BCUT2D eigenvalue weighted by Gasteiger charge is 2.18. The Morgan fingerprint density at radius 2 is 1.76 bits per heavy atom. The number of amides is 1. The number of rotatable bonds is 9. The molecule has 8 heteroatoms. The van der Waals surface area contributed by atoms with Gasteiger partial charge in [0.2, 0.25) is 5.91 Å². The summed E-state index contributed by atoms with van der Waals surface area (Å²) in [6.45, 7) is 10.2. The lowest BCUT2D eigenvalue weighted by Gasteiger charge is -2.15. The number of nitrogens with one attached hydrogen (secondary N) is 1. The van der Waals surface area contributed by atoms with Gasteiger partial charge < -0.3 is 19.6 Å². The van der Waals surface area contributed by atoms with E-state index in [0.29, 0.717) is 18.2 Å². The van der Waals surface area contributed by atoms with Crippen molar-refractivity contribution < 1.29 is 19.1 Å². The second kappa shape index (κ2) is 15.6. The molecule has 38 heavy (non-hydrogen) atoms. The van der Waals surface area contributed by atoms with Gasteiger partial charge in [0.05, 0.1) is 5.69 Å². The number of aromatic nitrogens is 3. The molecule has 3 aromatic heterocycles. The molecule has 3 atom stereocenters. The SMILES string of the molecule is CCC(C)c1nc(C)nc2c1oc1ccccc12.CCC(CC(=O)Nc1ccccn1)CC(C)C=O.CO. The normalized spacial score (nSPS) is 12.9. The van der Waals surface area contributed by atoms with Crippen LogP contribution in [0.2, 0.25) is 0 Å². The number of aryl methyl sites for hydroxylation is 1. The molecule has 8 nitrogen and oxygen atoms in total. The van der Waals surface area contributed by atoms with Crippen LogP contribution in [0.5, 0.6) is 0 Å². The number of pyridine rings is 1. The first-order chi connectivity index (χ1) is 18.4. The van der Waals surface area contributed by atoms with Gasteiger partial charge in [-0.2, -0.15) is 0 Å². The van der Waals surface area contributed by atoms with Gasteiger partial charge in [-0.15, -0.1) is 0 Å². The van der Waals surface area contributed by atoms with Gasteiger partial charge in [0.25, 0.3) is 0 Å². The van der Waals surface area contributed by atoms with Crippen molar-refractivity contribution in [1.82, 2.24) is 15.0 Å². The molecule has 4 aromatic rings. The number of para-hydroxylation sites is 1. The monoisotopic (exact) mass is 520 g/mol. The molecule has 0 spiro atoms. The zero-order valence-electron chi connectivity index (χ0n) is 23.3. The van der Waals surface area contributed by atoms with Gasteiger partial charge >= 0.3 is 0 Å². The summed E-state index contributed by atoms with van der Waals surface area (Å²) in [5, 5.41) is 10.8. The lowest BCUT2D eigenvalue weighted by molar-refractivity contribution is -0.118. The van der Waals surface area contributed by atoms with Crippen molar-refractivity contribution in [3.63, 3.8) is 0 Å². The maximum atomic E-state index is 11.8. The number of anilines is 1. The van der Waals surface area contributed by atoms with E-state index in [9.17, 15) is 9.59 Å². The lowest BCUT2D eigenvalue weighted by Crippen LogP contribution is -2.18. The minimum atomic E-state index is -0.0429. The first kappa shape index (κ1) is 30.6. The molecule has 3 unspecified atom stereocenters. The molecule has 204 valence electrons. The summed E-state index contributed by atoms with van der Waals surface area (Å²) < 4.78 is 5.94. The Hall–Kier alpha value is -3.65. The molecule has 0 saturated heterocycles. The van der Waals surface area contributed by atoms with Crippen LogP contribution in [0.15, 0.2) is 53.1 Å². The van der Waals surface area contributed by atoms with Crippen molar-refractivity contribution in [2.45, 2.75) is 66.2 Å². The van der Waals surface area contributed by atoms with E-state index in [2.05, 4.69) is 34.1 Å². The Bertz CT molecular complexity index is 1290. The zero-order chi connectivity index (χ0) is 28.1. The van der Waals surface area contributed by atoms with Crippen LogP contribution in [0.25, 0.3) is 22.1 Å². The second-order valence-corrected chi connectivity index (χ2v) is 9.33. The van der Waals surface area contributed by atoms with E-state index >= 15 is 0 Å². The number of hydrogen-bond acceptors (Lipinski definition) is 7. The number of carbonyl (C=O) groups excluding carboxylic acids is 2. The van der Waals surface area contributed by atoms with Gasteiger partial charge in [-0.05, 0) is 49.9 Å². The van der Waals surface area contributed by atoms with Crippen LogP contribution < -0.4 is 5.32 Å². The fraction of sp³-hybridized carbons (Fsp3) is 0.433. The number of benzene rings is 1. The van der Waals surface area contributed by atoms with Crippen molar-refractivity contribution in [3.05, 3.63) is 60.2 Å². The average Bonchev–Trinajstić information content (AvgIpc) is 3.32. The smallest absolute Gasteiger partial charge is 0.225 e. The summed E-state index contributed by atoms with van der Waals surface area (Å²) >= 11 is 0. The first-order valence-electron chi connectivity index (χ1n) is 13.1. The molecule has 0 aliphatic rings. The van der Waals surface area contributed by atoms with Crippen LogP contribution in [0.3, 0.4) is 0 Å². The van der Waals surface area contributed by atoms with Crippen molar-refractivity contribution in [1.29, 1.82) is 0 Å².